The van der Waals surface area contributed by atoms with Crippen molar-refractivity contribution in [3.8, 4) is 33.4 Å². The lowest BCUT2D eigenvalue weighted by Crippen LogP contribution is -2.24. The molecule has 0 atom stereocenters. The first-order chi connectivity index (χ1) is 66.6. The van der Waals surface area contributed by atoms with E-state index in [0.717, 1.165) is 196 Å². The zero-order valence-electron chi connectivity index (χ0n) is 73.0. The molecule has 0 fully saturated rings. The molecular formula is C123H81N6O3P3. The van der Waals surface area contributed by atoms with Gasteiger partial charge in [0.25, 0.3) is 0 Å². The minimum atomic E-state index is -3.09. The summed E-state index contributed by atoms with van der Waals surface area (Å²) in [5, 5.41) is 24.6. The van der Waals surface area contributed by atoms with Crippen molar-refractivity contribution < 1.29 is 13.7 Å². The Hall–Kier alpha value is -16.5. The van der Waals surface area contributed by atoms with Gasteiger partial charge in [-0.15, -0.1) is 0 Å². The molecule has 636 valence electrons. The molecule has 6 heterocycles. The van der Waals surface area contributed by atoms with Crippen molar-refractivity contribution in [1.82, 2.24) is 28.2 Å². The molecule has 0 radical (unpaired) electrons. The summed E-state index contributed by atoms with van der Waals surface area (Å²) in [7, 11) is -9.24. The largest absolute Gasteiger partial charge is 0.309 e. The monoisotopic (exact) mass is 1780 g/mol. The molecule has 0 saturated carbocycles. The average Bonchev–Trinajstić information content (AvgIpc) is 1.61. The van der Waals surface area contributed by atoms with E-state index in [0.29, 0.717) is 0 Å². The van der Waals surface area contributed by atoms with Gasteiger partial charge in [-0.1, -0.05) is 382 Å². The summed E-state index contributed by atoms with van der Waals surface area (Å²) in [6.45, 7) is 0. The van der Waals surface area contributed by atoms with Crippen LogP contribution < -0.4 is 47.7 Å². The summed E-state index contributed by atoms with van der Waals surface area (Å²) >= 11 is 0. The van der Waals surface area contributed by atoms with Crippen molar-refractivity contribution in [3.63, 3.8) is 0 Å². The first kappa shape index (κ1) is 80.6. The summed E-state index contributed by atoms with van der Waals surface area (Å²) in [4.78, 5) is 15.1. The van der Waals surface area contributed by atoms with Gasteiger partial charge in [-0.05, 0) is 191 Å². The van der Waals surface area contributed by atoms with Crippen LogP contribution in [0.2, 0.25) is 0 Å². The van der Waals surface area contributed by atoms with Crippen LogP contribution in [0.25, 0.3) is 181 Å². The highest BCUT2D eigenvalue weighted by Gasteiger charge is 2.34. The lowest BCUT2D eigenvalue weighted by Gasteiger charge is -2.20. The minimum Gasteiger partial charge on any atom is -0.309 e. The summed E-state index contributed by atoms with van der Waals surface area (Å²) in [5.41, 5.74) is 19.4. The Labute approximate surface area is 777 Å². The van der Waals surface area contributed by atoms with E-state index in [1.165, 1.54) is 32.3 Å². The van der Waals surface area contributed by atoms with E-state index in [4.69, 9.17) is 15.0 Å². The second-order valence-electron chi connectivity index (χ2n) is 34.7. The molecule has 0 amide bonds. The van der Waals surface area contributed by atoms with E-state index in [-0.39, 0.29) is 0 Å². The van der Waals surface area contributed by atoms with Crippen molar-refractivity contribution in [3.05, 3.63) is 491 Å². The summed E-state index contributed by atoms with van der Waals surface area (Å²) in [5.74, 6) is 0. The summed E-state index contributed by atoms with van der Waals surface area (Å²) in [6, 6.07) is 168. The highest BCUT2D eigenvalue weighted by Crippen LogP contribution is 2.49. The summed E-state index contributed by atoms with van der Waals surface area (Å²) < 4.78 is 52.1. The average molecular weight is 1780 g/mol. The molecule has 135 heavy (non-hydrogen) atoms. The fourth-order valence-electron chi connectivity index (χ4n) is 20.6. The molecule has 9 nitrogen and oxygen atoms in total. The molecule has 0 bridgehead atoms. The topological polar surface area (TPSA) is 103 Å². The van der Waals surface area contributed by atoms with Gasteiger partial charge in [-0.3, -0.25) is 13.2 Å². The SMILES string of the molecule is O=P(c1ccccc1)(c1ccccc1)c1ccc2ccc(-c3ccc4c(c3)c3ccccc3c3nc5ccccc5n43)cc2c1.O=P(c1ccccc1)(c1ccccc1)c1ccc2ccc(-c3ccc4c(c3)c3ccccc3n3c5ccccc5nc43)cc2c1.O=P(c1ccccc1)(c1ccccc1)c1ccc2ccc(-c3cccc4c3c3ccccc3c3nc5ccccc5n43)cc2c1. The van der Waals surface area contributed by atoms with Crippen LogP contribution in [0.1, 0.15) is 0 Å². The van der Waals surface area contributed by atoms with Crippen LogP contribution in [-0.4, -0.2) is 28.2 Å². The number of para-hydroxylation sites is 7. The van der Waals surface area contributed by atoms with Crippen molar-refractivity contribution in [1.29, 1.82) is 0 Å². The Morgan fingerprint density at radius 3 is 0.867 bits per heavy atom. The molecule has 0 aliphatic rings. The van der Waals surface area contributed by atoms with Crippen molar-refractivity contribution in [2.75, 3.05) is 0 Å². The fraction of sp³-hybridized carbons (Fsp3) is 0. The number of rotatable bonds is 12. The van der Waals surface area contributed by atoms with Gasteiger partial charge in [0.2, 0.25) is 0 Å². The lowest BCUT2D eigenvalue weighted by atomic mass is 9.94. The molecule has 21 aromatic carbocycles. The molecule has 0 aliphatic heterocycles. The Balaban J connectivity index is 0.000000108. The lowest BCUT2D eigenvalue weighted by molar-refractivity contribution is 0.591. The molecular weight excluding hydrogens is 1700 g/mol. The molecule has 0 unspecified atom stereocenters. The Kier molecular flexibility index (Phi) is 19.6. The number of hydrogen-bond donors (Lipinski definition) is 0. The molecule has 6 aromatic heterocycles. The van der Waals surface area contributed by atoms with Gasteiger partial charge in [0.15, 0.2) is 21.4 Å². The second-order valence-corrected chi connectivity index (χ2v) is 43.0. The van der Waals surface area contributed by atoms with E-state index in [9.17, 15) is 0 Å². The first-order valence-electron chi connectivity index (χ1n) is 45.5. The number of pyridine rings is 3. The molecule has 0 N–H and O–H groups in total. The van der Waals surface area contributed by atoms with Crippen molar-refractivity contribution in [2.24, 2.45) is 0 Å². The highest BCUT2D eigenvalue weighted by molar-refractivity contribution is 7.86. The Morgan fingerprint density at radius 1 is 0.163 bits per heavy atom. The van der Waals surface area contributed by atoms with E-state index in [1.807, 2.05) is 218 Å². The van der Waals surface area contributed by atoms with Crippen LogP contribution >= 0.6 is 21.4 Å². The smallest absolute Gasteiger partial charge is 0.171 e. The number of hydrogen-bond acceptors (Lipinski definition) is 6. The zero-order chi connectivity index (χ0) is 89.9. The van der Waals surface area contributed by atoms with Crippen LogP contribution in [-0.2, 0) is 13.7 Å². The van der Waals surface area contributed by atoms with Gasteiger partial charge < -0.3 is 13.7 Å². The maximum Gasteiger partial charge on any atom is 0.171 e. The number of imidazole rings is 3. The molecule has 27 aromatic rings. The van der Waals surface area contributed by atoms with Crippen LogP contribution in [0, 0.1) is 0 Å². The second kappa shape index (κ2) is 32.8. The van der Waals surface area contributed by atoms with Crippen molar-refractivity contribution in [2.45, 2.75) is 0 Å². The van der Waals surface area contributed by atoms with E-state index in [1.54, 1.807) is 0 Å². The molecule has 12 heteroatoms. The first-order valence-corrected chi connectivity index (χ1v) is 50.6. The molecule has 0 aliphatic carbocycles. The minimum absolute atomic E-state index is 0.833. The van der Waals surface area contributed by atoms with Crippen LogP contribution in [0.15, 0.2) is 491 Å². The van der Waals surface area contributed by atoms with E-state index >= 15 is 13.7 Å². The normalized spacial score (nSPS) is 12.1. The number of nitrogens with zero attached hydrogens (tertiary/aromatic N) is 6. The number of aromatic nitrogens is 6. The maximum atomic E-state index is 15.1. The van der Waals surface area contributed by atoms with Crippen LogP contribution in [0.4, 0.5) is 0 Å². The summed E-state index contributed by atoms with van der Waals surface area (Å²) in [6.07, 6.45) is 0. The van der Waals surface area contributed by atoms with Crippen LogP contribution in [0.5, 0.6) is 0 Å². The van der Waals surface area contributed by atoms with Gasteiger partial charge in [-0.25, -0.2) is 15.0 Å². The zero-order valence-corrected chi connectivity index (χ0v) is 75.7. The number of benzene rings is 21. The number of fused-ring (bicyclic) bond motifs is 27. The van der Waals surface area contributed by atoms with E-state index in [2.05, 4.69) is 286 Å². The third-order valence-corrected chi connectivity index (χ3v) is 36.2. The third-order valence-electron chi connectivity index (χ3n) is 27.1. The fourth-order valence-corrected chi connectivity index (χ4v) is 28.6. The predicted molar refractivity (Wildman–Crippen MR) is 570 cm³/mol. The molecule has 0 spiro atoms. The van der Waals surface area contributed by atoms with Gasteiger partial charge in [0.05, 0.1) is 49.7 Å². The van der Waals surface area contributed by atoms with Gasteiger partial charge >= 0.3 is 0 Å². The molecule has 0 saturated heterocycles. The third kappa shape index (κ3) is 13.4. The van der Waals surface area contributed by atoms with Gasteiger partial charge in [-0.2, -0.15) is 0 Å². The highest BCUT2D eigenvalue weighted by atomic mass is 31.2. The Morgan fingerprint density at radius 2 is 0.444 bits per heavy atom. The quantitative estimate of drug-likeness (QED) is 0.0892. The predicted octanol–water partition coefficient (Wildman–Crippen LogP) is 27.8. The maximum absolute atomic E-state index is 15.1. The van der Waals surface area contributed by atoms with Crippen molar-refractivity contribution >= 4 is 217 Å². The Bertz CT molecular complexity index is 9480. The van der Waals surface area contributed by atoms with E-state index < -0.39 is 21.4 Å². The standard InChI is InChI=1S/3C41H27N2OP/c44-45(32-11-3-1-4-12-32,33-13-5-2-6-14-33)34-23-21-28-19-20-29(25-31(28)26-34)30-22-24-36-37(27-30)35-15-7-9-17-39(35)43-40-18-10-8-16-38(40)42-41(36)43;44-45(31-12-3-1-4-13-31,32-14-5-2-6-15-32)33-25-24-28-22-23-29(26-30(28)27-33)34-18-11-21-39-40(34)35-16-7-8-17-36(35)41-42-37-19-9-10-20-38(37)43(39)41;44-45(32-11-3-1-4-12-32,33-13-5-2-6-14-33)34-23-21-28-19-20-29(25-31(28)26-34)30-22-24-39-37(27-30)35-15-7-8-16-36(35)41-42-38-17-9-10-18-40(38)43(39)41/h3*1-27H. The molecule has 27 rings (SSSR count). The van der Waals surface area contributed by atoms with Gasteiger partial charge in [0.1, 0.15) is 16.9 Å². The van der Waals surface area contributed by atoms with Crippen LogP contribution in [0.3, 0.4) is 0 Å². The van der Waals surface area contributed by atoms with Gasteiger partial charge in [0, 0.05) is 80.1 Å².